The van der Waals surface area contributed by atoms with Crippen molar-refractivity contribution in [3.05, 3.63) is 29.6 Å². The summed E-state index contributed by atoms with van der Waals surface area (Å²) in [5.41, 5.74) is -0.484. The van der Waals surface area contributed by atoms with Crippen LogP contribution in [0.5, 0.6) is 0 Å². The molecule has 1 fully saturated rings. The predicted octanol–water partition coefficient (Wildman–Crippen LogP) is 0.843. The van der Waals surface area contributed by atoms with E-state index in [0.717, 1.165) is 10.4 Å². The zero-order valence-corrected chi connectivity index (χ0v) is 10.9. The first kappa shape index (κ1) is 13.9. The van der Waals surface area contributed by atoms with E-state index < -0.39 is 27.5 Å². The van der Waals surface area contributed by atoms with Crippen LogP contribution in [0.25, 0.3) is 0 Å². The van der Waals surface area contributed by atoms with Gasteiger partial charge < -0.3 is 5.11 Å². The fraction of sp³-hybridized carbons (Fsp3) is 0.417. The molecule has 0 bridgehead atoms. The molecule has 1 atom stereocenters. The summed E-state index contributed by atoms with van der Waals surface area (Å²) in [6, 6.07) is 5.08. The van der Waals surface area contributed by atoms with E-state index in [1.54, 1.807) is 6.07 Å². The number of piperidine rings is 1. The third-order valence-electron chi connectivity index (χ3n) is 3.06. The summed E-state index contributed by atoms with van der Waals surface area (Å²) in [6.45, 7) is 0.241. The van der Waals surface area contributed by atoms with Crippen molar-refractivity contribution in [3.8, 4) is 6.07 Å². The van der Waals surface area contributed by atoms with E-state index in [2.05, 4.69) is 0 Å². The van der Waals surface area contributed by atoms with Gasteiger partial charge in [-0.3, -0.25) is 0 Å². The second-order valence-corrected chi connectivity index (χ2v) is 6.29. The van der Waals surface area contributed by atoms with Gasteiger partial charge in [0.25, 0.3) is 0 Å². The number of hydrogen-bond acceptors (Lipinski definition) is 4. The minimum absolute atomic E-state index is 0.0241. The van der Waals surface area contributed by atoms with E-state index >= 15 is 0 Å². The molecule has 1 aromatic carbocycles. The molecule has 1 aliphatic rings. The molecule has 1 N–H and O–H groups in total. The molecule has 0 aromatic heterocycles. The van der Waals surface area contributed by atoms with E-state index in [1.807, 2.05) is 0 Å². The van der Waals surface area contributed by atoms with Gasteiger partial charge in [0.2, 0.25) is 10.0 Å². The number of rotatable bonds is 2. The Morgan fingerprint density at radius 1 is 1.47 bits per heavy atom. The number of sulfonamides is 1. The number of β-amino-alcohol motifs (C(OH)–C–C–N with tert-alkyl or cyclic N) is 1. The first-order valence-corrected chi connectivity index (χ1v) is 7.27. The number of aliphatic hydroxyl groups is 1. The average Bonchev–Trinajstić information content (AvgIpc) is 2.38. The van der Waals surface area contributed by atoms with Crippen LogP contribution in [-0.4, -0.2) is 37.0 Å². The first-order valence-electron chi connectivity index (χ1n) is 5.83. The lowest BCUT2D eigenvalue weighted by molar-refractivity contribution is 0.108. The van der Waals surface area contributed by atoms with Gasteiger partial charge in [0.1, 0.15) is 22.3 Å². The average molecular weight is 284 g/mol. The van der Waals surface area contributed by atoms with Crippen LogP contribution in [0.1, 0.15) is 18.4 Å². The Bertz CT molecular complexity index is 624. The molecule has 0 amide bonds. The SMILES string of the molecule is N#Cc1c(F)cccc1S(=O)(=O)N1CCC[C@H](O)C1. The molecule has 0 radical (unpaired) electrons. The van der Waals surface area contributed by atoms with E-state index in [1.165, 1.54) is 12.1 Å². The van der Waals surface area contributed by atoms with Crippen LogP contribution in [-0.2, 0) is 10.0 Å². The van der Waals surface area contributed by atoms with Gasteiger partial charge in [-0.15, -0.1) is 0 Å². The Labute approximate surface area is 110 Å². The molecule has 0 saturated carbocycles. The van der Waals surface area contributed by atoms with Crippen molar-refractivity contribution in [2.45, 2.75) is 23.8 Å². The van der Waals surface area contributed by atoms with Crippen molar-refractivity contribution in [2.75, 3.05) is 13.1 Å². The van der Waals surface area contributed by atoms with Gasteiger partial charge in [0, 0.05) is 13.1 Å². The molecular weight excluding hydrogens is 271 g/mol. The lowest BCUT2D eigenvalue weighted by Gasteiger charge is -2.29. The fourth-order valence-electron chi connectivity index (χ4n) is 2.11. The summed E-state index contributed by atoms with van der Waals surface area (Å²) in [5.74, 6) is -0.860. The highest BCUT2D eigenvalue weighted by atomic mass is 32.2. The Balaban J connectivity index is 2.46. The maximum absolute atomic E-state index is 13.5. The Morgan fingerprint density at radius 2 is 2.21 bits per heavy atom. The van der Waals surface area contributed by atoms with E-state index in [0.29, 0.717) is 12.8 Å². The molecule has 102 valence electrons. The van der Waals surface area contributed by atoms with Crippen molar-refractivity contribution in [3.63, 3.8) is 0 Å². The van der Waals surface area contributed by atoms with Crippen LogP contribution in [0.2, 0.25) is 0 Å². The minimum atomic E-state index is -3.95. The van der Waals surface area contributed by atoms with Gasteiger partial charge in [0.05, 0.1) is 6.10 Å². The van der Waals surface area contributed by atoms with E-state index in [-0.39, 0.29) is 18.0 Å². The number of aliphatic hydroxyl groups excluding tert-OH is 1. The second kappa shape index (κ2) is 5.25. The Morgan fingerprint density at radius 3 is 2.84 bits per heavy atom. The van der Waals surface area contributed by atoms with Gasteiger partial charge >= 0.3 is 0 Å². The summed E-state index contributed by atoms with van der Waals surface area (Å²) in [7, 11) is -3.95. The zero-order valence-electron chi connectivity index (χ0n) is 10.1. The van der Waals surface area contributed by atoms with Crippen molar-refractivity contribution >= 4 is 10.0 Å². The van der Waals surface area contributed by atoms with Crippen molar-refractivity contribution in [1.82, 2.24) is 4.31 Å². The first-order chi connectivity index (χ1) is 8.96. The molecular formula is C12H13FN2O3S. The number of hydrogen-bond donors (Lipinski definition) is 1. The van der Waals surface area contributed by atoms with Gasteiger partial charge in [-0.1, -0.05) is 6.07 Å². The molecule has 1 heterocycles. The second-order valence-electron chi connectivity index (χ2n) is 4.38. The molecule has 2 rings (SSSR count). The lowest BCUT2D eigenvalue weighted by Crippen LogP contribution is -2.42. The Kier molecular flexibility index (Phi) is 3.85. The third-order valence-corrected chi connectivity index (χ3v) is 4.97. The summed E-state index contributed by atoms with van der Waals surface area (Å²) in [6.07, 6.45) is 0.361. The fourth-order valence-corrected chi connectivity index (χ4v) is 3.77. The van der Waals surface area contributed by atoms with Gasteiger partial charge in [0.15, 0.2) is 0 Å². The maximum Gasteiger partial charge on any atom is 0.244 e. The quantitative estimate of drug-likeness (QED) is 0.872. The third kappa shape index (κ3) is 2.61. The van der Waals surface area contributed by atoms with Crippen LogP contribution in [0.4, 0.5) is 4.39 Å². The highest BCUT2D eigenvalue weighted by Gasteiger charge is 2.31. The lowest BCUT2D eigenvalue weighted by atomic mass is 10.1. The van der Waals surface area contributed by atoms with Crippen LogP contribution in [0.3, 0.4) is 0 Å². The monoisotopic (exact) mass is 284 g/mol. The van der Waals surface area contributed by atoms with E-state index in [4.69, 9.17) is 5.26 Å². The van der Waals surface area contributed by atoms with Crippen LogP contribution in [0.15, 0.2) is 23.1 Å². The van der Waals surface area contributed by atoms with Gasteiger partial charge in [-0.25, -0.2) is 12.8 Å². The number of nitrogens with zero attached hydrogens (tertiary/aromatic N) is 2. The minimum Gasteiger partial charge on any atom is -0.392 e. The van der Waals surface area contributed by atoms with Gasteiger partial charge in [-0.2, -0.15) is 9.57 Å². The molecule has 1 aromatic rings. The van der Waals surface area contributed by atoms with Crippen molar-refractivity contribution in [2.24, 2.45) is 0 Å². The van der Waals surface area contributed by atoms with Crippen molar-refractivity contribution < 1.29 is 17.9 Å². The number of nitriles is 1. The summed E-state index contributed by atoms with van der Waals surface area (Å²) < 4.78 is 39.3. The molecule has 7 heteroatoms. The summed E-state index contributed by atoms with van der Waals surface area (Å²) in [5, 5.41) is 18.4. The zero-order chi connectivity index (χ0) is 14.0. The summed E-state index contributed by atoms with van der Waals surface area (Å²) >= 11 is 0. The van der Waals surface area contributed by atoms with Crippen LogP contribution < -0.4 is 0 Å². The number of benzene rings is 1. The van der Waals surface area contributed by atoms with E-state index in [9.17, 15) is 17.9 Å². The largest absolute Gasteiger partial charge is 0.392 e. The van der Waals surface area contributed by atoms with Crippen LogP contribution >= 0.6 is 0 Å². The molecule has 19 heavy (non-hydrogen) atoms. The molecule has 0 aliphatic carbocycles. The molecule has 1 aliphatic heterocycles. The smallest absolute Gasteiger partial charge is 0.244 e. The molecule has 5 nitrogen and oxygen atoms in total. The topological polar surface area (TPSA) is 81.4 Å². The highest BCUT2D eigenvalue weighted by Crippen LogP contribution is 2.24. The van der Waals surface area contributed by atoms with Crippen molar-refractivity contribution in [1.29, 1.82) is 5.26 Å². The molecule has 0 unspecified atom stereocenters. The highest BCUT2D eigenvalue weighted by molar-refractivity contribution is 7.89. The predicted molar refractivity (Wildman–Crippen MR) is 65.1 cm³/mol. The normalized spacial score (nSPS) is 21.0. The van der Waals surface area contributed by atoms with Gasteiger partial charge in [-0.05, 0) is 25.0 Å². The Hall–Kier alpha value is -1.49. The summed E-state index contributed by atoms with van der Waals surface area (Å²) in [4.78, 5) is -0.343. The number of halogens is 1. The molecule has 0 spiro atoms. The van der Waals surface area contributed by atoms with Crippen LogP contribution in [0, 0.1) is 17.1 Å². The molecule has 1 saturated heterocycles. The standard InChI is InChI=1S/C12H13FN2O3S/c13-11-4-1-5-12(10(11)7-14)19(17,18)15-6-2-3-9(16)8-15/h1,4-5,9,16H,2-3,6,8H2/t9-/m0/s1. The maximum atomic E-state index is 13.5.